The van der Waals surface area contributed by atoms with Crippen LogP contribution in [0.4, 0.5) is 0 Å². The number of hydrogen-bond donors (Lipinski definition) is 0. The molecule has 1 aromatic heterocycles. The van der Waals surface area contributed by atoms with Gasteiger partial charge in [0.25, 0.3) is 0 Å². The lowest BCUT2D eigenvalue weighted by Gasteiger charge is -2.10. The van der Waals surface area contributed by atoms with E-state index in [2.05, 4.69) is 78.9 Å². The number of allylic oxidation sites excluding steroid dienone is 2. The van der Waals surface area contributed by atoms with E-state index in [0.717, 1.165) is 34.4 Å². The molecule has 4 aromatic carbocycles. The van der Waals surface area contributed by atoms with Crippen LogP contribution in [0.25, 0.3) is 49.3 Å². The largest absolute Gasteiger partial charge is 0.228 e. The summed E-state index contributed by atoms with van der Waals surface area (Å²) in [5, 5.41) is 6.15. The summed E-state index contributed by atoms with van der Waals surface area (Å²) in [5.41, 5.74) is 4.40. The summed E-state index contributed by atoms with van der Waals surface area (Å²) >= 11 is 0. The summed E-state index contributed by atoms with van der Waals surface area (Å²) in [6.07, 6.45) is 3.18. The van der Waals surface area contributed by atoms with Gasteiger partial charge in [-0.1, -0.05) is 72.8 Å². The number of fused-ring (bicyclic) bond motifs is 4. The molecule has 2 nitrogen and oxygen atoms in total. The van der Waals surface area contributed by atoms with Gasteiger partial charge in [0.05, 0.1) is 11.2 Å². The zero-order valence-electron chi connectivity index (χ0n) is 14.7. The Morgan fingerprint density at radius 1 is 0.630 bits per heavy atom. The summed E-state index contributed by atoms with van der Waals surface area (Å²) in [6.45, 7) is 0. The molecular formula is C25H16N2. The summed E-state index contributed by atoms with van der Waals surface area (Å²) in [4.78, 5) is 9.70. The summed E-state index contributed by atoms with van der Waals surface area (Å²) in [6, 6.07) is 27.9. The highest BCUT2D eigenvalue weighted by molar-refractivity contribution is 6.09. The maximum absolute atomic E-state index is 4.94. The van der Waals surface area contributed by atoms with Gasteiger partial charge < -0.3 is 0 Å². The van der Waals surface area contributed by atoms with Gasteiger partial charge >= 0.3 is 0 Å². The fourth-order valence-electron chi connectivity index (χ4n) is 3.82. The molecule has 1 aliphatic carbocycles. The Morgan fingerprint density at radius 2 is 1.33 bits per heavy atom. The second-order valence-electron chi connectivity index (χ2n) is 7.07. The van der Waals surface area contributed by atoms with Crippen LogP contribution in [0.15, 0.2) is 84.9 Å². The Balaban J connectivity index is 1.68. The van der Waals surface area contributed by atoms with Gasteiger partial charge in [-0.25, -0.2) is 9.97 Å². The minimum Gasteiger partial charge on any atom is -0.228 e. The Hall–Kier alpha value is -3.52. The molecule has 2 heteroatoms. The van der Waals surface area contributed by atoms with Gasteiger partial charge in [-0.3, -0.25) is 0 Å². The molecule has 0 amide bonds. The van der Waals surface area contributed by atoms with Crippen LogP contribution in [0.2, 0.25) is 0 Å². The monoisotopic (exact) mass is 344 g/mol. The van der Waals surface area contributed by atoms with E-state index in [1.165, 1.54) is 27.1 Å². The smallest absolute Gasteiger partial charge is 0.156 e. The quantitative estimate of drug-likeness (QED) is 0.347. The molecular weight excluding hydrogens is 328 g/mol. The van der Waals surface area contributed by atoms with Crippen molar-refractivity contribution in [3.63, 3.8) is 0 Å². The lowest BCUT2D eigenvalue weighted by Crippen LogP contribution is -1.95. The first kappa shape index (κ1) is 14.6. The van der Waals surface area contributed by atoms with E-state index in [0.29, 0.717) is 0 Å². The number of rotatable bonds is 2. The van der Waals surface area contributed by atoms with Crippen LogP contribution in [0.1, 0.15) is 12.2 Å². The second-order valence-corrected chi connectivity index (χ2v) is 7.07. The highest BCUT2D eigenvalue weighted by atomic mass is 14.9. The number of hydrogen-bond acceptors (Lipinski definition) is 2. The third-order valence-corrected chi connectivity index (χ3v) is 5.32. The van der Waals surface area contributed by atoms with Gasteiger partial charge in [0.15, 0.2) is 5.82 Å². The maximum Gasteiger partial charge on any atom is 0.156 e. The van der Waals surface area contributed by atoms with Crippen molar-refractivity contribution < 1.29 is 0 Å². The van der Waals surface area contributed by atoms with Gasteiger partial charge in [-0.15, -0.1) is 0 Å². The normalized spacial score (nSPS) is 13.3. The average molecular weight is 344 g/mol. The second kappa shape index (κ2) is 5.49. The van der Waals surface area contributed by atoms with E-state index in [-0.39, 0.29) is 0 Å². The molecule has 0 N–H and O–H groups in total. The molecule has 0 fully saturated rings. The highest BCUT2D eigenvalue weighted by Crippen LogP contribution is 2.35. The van der Waals surface area contributed by atoms with Gasteiger partial charge in [-0.2, -0.15) is 0 Å². The summed E-state index contributed by atoms with van der Waals surface area (Å²) in [5.74, 6) is 0.863. The third-order valence-electron chi connectivity index (χ3n) is 5.32. The van der Waals surface area contributed by atoms with Crippen LogP contribution < -0.4 is 0 Å². The fourth-order valence-corrected chi connectivity index (χ4v) is 3.82. The van der Waals surface area contributed by atoms with E-state index < -0.39 is 0 Å². The van der Waals surface area contributed by atoms with Crippen molar-refractivity contribution in [3.05, 3.63) is 90.8 Å². The number of aromatic nitrogens is 2. The van der Waals surface area contributed by atoms with Crippen molar-refractivity contribution >= 4 is 38.0 Å². The molecule has 0 radical (unpaired) electrons. The Morgan fingerprint density at radius 3 is 2.19 bits per heavy atom. The van der Waals surface area contributed by atoms with E-state index in [4.69, 9.17) is 9.97 Å². The number of para-hydroxylation sites is 1. The highest BCUT2D eigenvalue weighted by Gasteiger charge is 2.17. The Bertz CT molecular complexity index is 1400. The van der Waals surface area contributed by atoms with Gasteiger partial charge in [0.2, 0.25) is 0 Å². The van der Waals surface area contributed by atoms with E-state index in [1.54, 1.807) is 0 Å². The summed E-state index contributed by atoms with van der Waals surface area (Å²) in [7, 11) is 0. The van der Waals surface area contributed by atoms with Crippen LogP contribution in [0.3, 0.4) is 0 Å². The van der Waals surface area contributed by atoms with Crippen molar-refractivity contribution in [3.8, 4) is 11.3 Å². The van der Waals surface area contributed by atoms with Crippen LogP contribution >= 0.6 is 0 Å². The van der Waals surface area contributed by atoms with Crippen LogP contribution in [0, 0.1) is 0 Å². The van der Waals surface area contributed by atoms with Crippen molar-refractivity contribution in [1.82, 2.24) is 9.97 Å². The molecule has 0 atom stereocenters. The minimum atomic E-state index is 0.863. The molecule has 0 bridgehead atoms. The molecule has 1 heterocycles. The maximum atomic E-state index is 4.94. The van der Waals surface area contributed by atoms with Gasteiger partial charge in [-0.05, 0) is 45.7 Å². The Kier molecular flexibility index (Phi) is 2.97. The first-order valence-electron chi connectivity index (χ1n) is 9.25. The first-order valence-corrected chi connectivity index (χ1v) is 9.25. The molecule has 0 saturated heterocycles. The molecule has 0 saturated carbocycles. The van der Waals surface area contributed by atoms with E-state index in [9.17, 15) is 0 Å². The predicted molar refractivity (Wildman–Crippen MR) is 113 cm³/mol. The molecule has 27 heavy (non-hydrogen) atoms. The van der Waals surface area contributed by atoms with Crippen molar-refractivity contribution in [1.29, 1.82) is 0 Å². The van der Waals surface area contributed by atoms with Gasteiger partial charge in [0, 0.05) is 10.9 Å². The molecule has 0 aliphatic heterocycles. The Labute approximate surface area is 156 Å². The standard InChI is InChI=1S/C25H16N2/c1-2-6-20-16(5-1)9-10-17-11-14-19(15-22(17)20)24-21-7-3-4-8-23(21)26-25(27-24)18-12-13-18/h1-12,14-15H,13H2. The van der Waals surface area contributed by atoms with E-state index >= 15 is 0 Å². The van der Waals surface area contributed by atoms with Gasteiger partial charge in [0.1, 0.15) is 0 Å². The van der Waals surface area contributed by atoms with Crippen LogP contribution in [0.5, 0.6) is 0 Å². The summed E-state index contributed by atoms with van der Waals surface area (Å²) < 4.78 is 0. The minimum absolute atomic E-state index is 0.863. The zero-order chi connectivity index (χ0) is 17.8. The zero-order valence-corrected chi connectivity index (χ0v) is 14.7. The SMILES string of the molecule is C1=C(c2nc(-c3ccc4ccc5ccccc5c4c3)c3ccccc3n2)C1. The van der Waals surface area contributed by atoms with Crippen LogP contribution in [-0.2, 0) is 0 Å². The first-order chi connectivity index (χ1) is 13.4. The van der Waals surface area contributed by atoms with Crippen molar-refractivity contribution in [2.75, 3.05) is 0 Å². The lowest BCUT2D eigenvalue weighted by atomic mass is 9.98. The molecule has 0 spiro atoms. The predicted octanol–water partition coefficient (Wildman–Crippen LogP) is 6.39. The number of nitrogens with zero attached hydrogens (tertiary/aromatic N) is 2. The molecule has 126 valence electrons. The van der Waals surface area contributed by atoms with Crippen LogP contribution in [-0.4, -0.2) is 9.97 Å². The average Bonchev–Trinajstić information content (AvgIpc) is 3.58. The molecule has 1 aliphatic rings. The molecule has 6 rings (SSSR count). The third kappa shape index (κ3) is 2.34. The topological polar surface area (TPSA) is 25.8 Å². The lowest BCUT2D eigenvalue weighted by molar-refractivity contribution is 1.17. The van der Waals surface area contributed by atoms with Crippen molar-refractivity contribution in [2.24, 2.45) is 0 Å². The molecule has 5 aromatic rings. The molecule has 0 unspecified atom stereocenters. The van der Waals surface area contributed by atoms with E-state index in [1.807, 2.05) is 6.07 Å². The van der Waals surface area contributed by atoms with Crippen molar-refractivity contribution in [2.45, 2.75) is 6.42 Å². The number of benzene rings is 4. The fraction of sp³-hybridized carbons (Fsp3) is 0.0400.